The minimum Gasteiger partial charge on any atom is -0.495 e. The molecule has 0 aromatic rings. The van der Waals surface area contributed by atoms with Crippen LogP contribution in [0.1, 0.15) is 34.0 Å². The summed E-state index contributed by atoms with van der Waals surface area (Å²) in [6.07, 6.45) is 0.855. The normalized spacial score (nSPS) is 25.2. The van der Waals surface area contributed by atoms with Crippen LogP contribution in [-0.4, -0.2) is 84.7 Å². The van der Waals surface area contributed by atoms with Crippen molar-refractivity contribution in [3.05, 3.63) is 23.6 Å². The number of rotatable bonds is 4. The van der Waals surface area contributed by atoms with E-state index in [1.165, 1.54) is 20.2 Å². The number of likely N-dealkylation sites (tertiary alicyclic amines) is 2. The number of alkyl halides is 3. The van der Waals surface area contributed by atoms with Crippen molar-refractivity contribution < 1.29 is 28.9 Å². The van der Waals surface area contributed by atoms with Gasteiger partial charge in [-0.1, -0.05) is 0 Å². The van der Waals surface area contributed by atoms with E-state index in [4.69, 9.17) is 4.74 Å². The summed E-state index contributed by atoms with van der Waals surface area (Å²) in [4.78, 5) is 28.7. The fraction of sp³-hybridized carbons (Fsp3) is 0.714. The number of nitrogens with one attached hydrogen (secondary N) is 1. The molecule has 3 amide bonds. The third kappa shape index (κ3) is 4.21. The van der Waals surface area contributed by atoms with Crippen molar-refractivity contribution in [1.82, 2.24) is 20.0 Å². The minimum atomic E-state index is -4.41. The van der Waals surface area contributed by atoms with Crippen LogP contribution in [0.5, 0.6) is 0 Å². The quantitative estimate of drug-likeness (QED) is 0.535. The maximum atomic E-state index is 13.0. The van der Waals surface area contributed by atoms with Crippen molar-refractivity contribution in [3.63, 3.8) is 0 Å². The topological polar surface area (TPSA) is 65.1 Å². The van der Waals surface area contributed by atoms with Gasteiger partial charge in [0.05, 0.1) is 17.4 Å². The standard InChI is InChI=1S/C21H29F3N4O3.H2/c1-14(4-5-16(26(2)3)21(22,23)24)31-15-8-19(9-15)10-27(11-19)18(30)28-12-20(13-28)7-6-17(29)25-20;/h4-5,15H,6-13H2,1-3H3,(H,25,29);1H/b14-4+,16-5-;. The van der Waals surface area contributed by atoms with Gasteiger partial charge >= 0.3 is 12.2 Å². The van der Waals surface area contributed by atoms with Crippen molar-refractivity contribution in [3.8, 4) is 0 Å². The molecule has 4 fully saturated rings. The second-order valence-electron chi connectivity index (χ2n) is 9.69. The molecule has 4 aliphatic rings. The highest BCUT2D eigenvalue weighted by Gasteiger charge is 2.57. The van der Waals surface area contributed by atoms with E-state index in [-0.39, 0.29) is 30.4 Å². The highest BCUT2D eigenvalue weighted by Crippen LogP contribution is 2.50. The predicted octanol–water partition coefficient (Wildman–Crippen LogP) is 2.71. The summed E-state index contributed by atoms with van der Waals surface area (Å²) in [6, 6.07) is 0.0198. The van der Waals surface area contributed by atoms with Gasteiger partial charge in [-0.2, -0.15) is 13.2 Å². The SMILES string of the molecule is C/C(=C\C=C(/N(C)C)C(F)(F)F)OC1CC2(C1)CN(C(=O)N1CC3(CCC(=O)N3)C1)C2.[HH]. The molecule has 0 aromatic carbocycles. The predicted molar refractivity (Wildman–Crippen MR) is 109 cm³/mol. The number of hydrogen-bond acceptors (Lipinski definition) is 4. The zero-order chi connectivity index (χ0) is 22.6. The molecule has 0 radical (unpaired) electrons. The molecule has 31 heavy (non-hydrogen) atoms. The van der Waals surface area contributed by atoms with Gasteiger partial charge in [-0.15, -0.1) is 0 Å². The van der Waals surface area contributed by atoms with Gasteiger partial charge < -0.3 is 24.8 Å². The largest absolute Gasteiger partial charge is 0.495 e. The number of amides is 3. The fourth-order valence-electron chi connectivity index (χ4n) is 5.17. The third-order valence-electron chi connectivity index (χ3n) is 6.74. The average molecular weight is 444 g/mol. The molecule has 0 bridgehead atoms. The summed E-state index contributed by atoms with van der Waals surface area (Å²) in [7, 11) is 2.71. The summed E-state index contributed by atoms with van der Waals surface area (Å²) in [6.45, 7) is 4.18. The summed E-state index contributed by atoms with van der Waals surface area (Å²) in [5.74, 6) is 0.506. The number of allylic oxidation sites excluding steroid dienone is 4. The second-order valence-corrected chi connectivity index (χ2v) is 9.69. The molecule has 3 saturated heterocycles. The lowest BCUT2D eigenvalue weighted by Crippen LogP contribution is -2.73. The minimum absolute atomic E-state index is 0. The van der Waals surface area contributed by atoms with Crippen LogP contribution >= 0.6 is 0 Å². The molecule has 1 aliphatic carbocycles. The number of urea groups is 1. The molecule has 3 aliphatic heterocycles. The van der Waals surface area contributed by atoms with Crippen molar-refractivity contribution >= 4 is 11.9 Å². The maximum absolute atomic E-state index is 13.0. The zero-order valence-electron chi connectivity index (χ0n) is 18.1. The summed E-state index contributed by atoms with van der Waals surface area (Å²) in [5.41, 5.74) is -0.873. The Kier molecular flexibility index (Phi) is 5.17. The lowest BCUT2D eigenvalue weighted by atomic mass is 9.62. The van der Waals surface area contributed by atoms with E-state index in [1.54, 1.807) is 11.8 Å². The molecule has 10 heteroatoms. The molecule has 0 unspecified atom stereocenters. The van der Waals surface area contributed by atoms with Gasteiger partial charge in [0, 0.05) is 53.5 Å². The van der Waals surface area contributed by atoms with Crippen LogP contribution < -0.4 is 5.32 Å². The van der Waals surface area contributed by atoms with E-state index in [0.717, 1.165) is 30.2 Å². The first-order chi connectivity index (χ1) is 14.4. The Labute approximate surface area is 181 Å². The lowest BCUT2D eigenvalue weighted by molar-refractivity contribution is -0.127. The third-order valence-corrected chi connectivity index (χ3v) is 6.74. The lowest BCUT2D eigenvalue weighted by Gasteiger charge is -2.60. The van der Waals surface area contributed by atoms with Gasteiger partial charge in [-0.3, -0.25) is 4.79 Å². The Morgan fingerprint density at radius 2 is 1.81 bits per heavy atom. The Bertz CT molecular complexity index is 823. The number of ether oxygens (including phenoxy) is 1. The zero-order valence-corrected chi connectivity index (χ0v) is 18.1. The molecule has 2 spiro atoms. The van der Waals surface area contributed by atoms with E-state index >= 15 is 0 Å². The Balaban J connectivity index is 0.00000289. The van der Waals surface area contributed by atoms with Crippen LogP contribution in [0.2, 0.25) is 0 Å². The molecular formula is C21H31F3N4O3. The summed E-state index contributed by atoms with van der Waals surface area (Å²) in [5, 5.41) is 2.98. The number of carbonyl (C=O) groups excluding carboxylic acids is 2. The average Bonchev–Trinajstić information content (AvgIpc) is 2.94. The molecule has 7 nitrogen and oxygen atoms in total. The number of nitrogens with zero attached hydrogens (tertiary/aromatic N) is 3. The number of halogens is 3. The van der Waals surface area contributed by atoms with Crippen LogP contribution in [0.3, 0.4) is 0 Å². The first-order valence-electron chi connectivity index (χ1n) is 10.6. The first-order valence-corrected chi connectivity index (χ1v) is 10.6. The Morgan fingerprint density at radius 1 is 1.19 bits per heavy atom. The number of carbonyl (C=O) groups is 2. The number of hydrogen-bond donors (Lipinski definition) is 1. The van der Waals surface area contributed by atoms with Crippen LogP contribution in [-0.2, 0) is 9.53 Å². The van der Waals surface area contributed by atoms with Crippen molar-refractivity contribution in [2.75, 3.05) is 40.3 Å². The molecule has 174 valence electrons. The molecule has 0 aromatic heterocycles. The van der Waals surface area contributed by atoms with Crippen molar-refractivity contribution in [1.29, 1.82) is 0 Å². The van der Waals surface area contributed by atoms with E-state index in [0.29, 0.717) is 38.4 Å². The first kappa shape index (κ1) is 21.8. The summed E-state index contributed by atoms with van der Waals surface area (Å²) < 4.78 is 44.7. The van der Waals surface area contributed by atoms with Crippen LogP contribution in [0.25, 0.3) is 0 Å². The Morgan fingerprint density at radius 3 is 2.32 bits per heavy atom. The Hall–Kier alpha value is -2.39. The van der Waals surface area contributed by atoms with Gasteiger partial charge in [0.2, 0.25) is 5.91 Å². The van der Waals surface area contributed by atoms with E-state index in [9.17, 15) is 22.8 Å². The smallest absolute Gasteiger partial charge is 0.431 e. The van der Waals surface area contributed by atoms with Gasteiger partial charge in [0.15, 0.2) is 0 Å². The van der Waals surface area contributed by atoms with Crippen LogP contribution in [0.15, 0.2) is 23.6 Å². The molecule has 4 rings (SSSR count). The van der Waals surface area contributed by atoms with Gasteiger partial charge in [-0.25, -0.2) is 4.79 Å². The summed E-state index contributed by atoms with van der Waals surface area (Å²) >= 11 is 0. The highest BCUT2D eigenvalue weighted by molar-refractivity contribution is 5.82. The molecule has 0 atom stereocenters. The fourth-order valence-corrected chi connectivity index (χ4v) is 5.17. The van der Waals surface area contributed by atoms with E-state index in [1.807, 2.05) is 4.90 Å². The molecule has 1 N–H and O–H groups in total. The molecular weight excluding hydrogens is 413 g/mol. The van der Waals surface area contributed by atoms with Gasteiger partial charge in [0.1, 0.15) is 5.70 Å². The van der Waals surface area contributed by atoms with E-state index in [2.05, 4.69) is 5.32 Å². The second kappa shape index (κ2) is 7.34. The van der Waals surface area contributed by atoms with Crippen LogP contribution in [0, 0.1) is 5.41 Å². The molecule has 1 saturated carbocycles. The monoisotopic (exact) mass is 444 g/mol. The van der Waals surface area contributed by atoms with Crippen LogP contribution in [0.4, 0.5) is 18.0 Å². The van der Waals surface area contributed by atoms with Gasteiger partial charge in [0.25, 0.3) is 0 Å². The maximum Gasteiger partial charge on any atom is 0.431 e. The molecule has 3 heterocycles. The van der Waals surface area contributed by atoms with Crippen molar-refractivity contribution in [2.24, 2.45) is 5.41 Å². The highest BCUT2D eigenvalue weighted by atomic mass is 19.4. The van der Waals surface area contributed by atoms with E-state index < -0.39 is 11.9 Å². The van der Waals surface area contributed by atoms with Gasteiger partial charge in [-0.05, 0) is 38.3 Å². The van der Waals surface area contributed by atoms with Crippen molar-refractivity contribution in [2.45, 2.75) is 50.4 Å².